The normalized spacial score (nSPS) is 17.0. The van der Waals surface area contributed by atoms with Gasteiger partial charge in [0.05, 0.1) is 6.54 Å². The Balaban J connectivity index is 1.72. The first-order valence-electron chi connectivity index (χ1n) is 6.54. The SMILES string of the molecule is Cc1ccc2cc(CNC3CCCC3)oc2c1. The Labute approximate surface area is 102 Å². The molecule has 0 atom stereocenters. The Morgan fingerprint density at radius 1 is 1.24 bits per heavy atom. The highest BCUT2D eigenvalue weighted by Crippen LogP contribution is 2.22. The van der Waals surface area contributed by atoms with Crippen molar-refractivity contribution in [2.45, 2.75) is 45.2 Å². The van der Waals surface area contributed by atoms with Crippen LogP contribution in [0.3, 0.4) is 0 Å². The molecule has 3 rings (SSSR count). The highest BCUT2D eigenvalue weighted by atomic mass is 16.3. The summed E-state index contributed by atoms with van der Waals surface area (Å²) in [5, 5.41) is 4.79. The van der Waals surface area contributed by atoms with Gasteiger partial charge in [-0.1, -0.05) is 25.0 Å². The van der Waals surface area contributed by atoms with E-state index in [1.165, 1.54) is 36.6 Å². The van der Waals surface area contributed by atoms with Crippen LogP contribution in [0.4, 0.5) is 0 Å². The van der Waals surface area contributed by atoms with Crippen molar-refractivity contribution >= 4 is 11.0 Å². The molecule has 1 aromatic carbocycles. The molecular weight excluding hydrogens is 210 g/mol. The maximum Gasteiger partial charge on any atom is 0.134 e. The van der Waals surface area contributed by atoms with Gasteiger partial charge in [0.25, 0.3) is 0 Å². The van der Waals surface area contributed by atoms with Crippen LogP contribution in [0.2, 0.25) is 0 Å². The highest BCUT2D eigenvalue weighted by molar-refractivity contribution is 5.78. The topological polar surface area (TPSA) is 25.2 Å². The molecule has 2 aromatic rings. The Morgan fingerprint density at radius 3 is 2.88 bits per heavy atom. The van der Waals surface area contributed by atoms with Gasteiger partial charge in [0.1, 0.15) is 11.3 Å². The Morgan fingerprint density at radius 2 is 2.06 bits per heavy atom. The van der Waals surface area contributed by atoms with Crippen molar-refractivity contribution in [3.8, 4) is 0 Å². The van der Waals surface area contributed by atoms with E-state index in [0.29, 0.717) is 6.04 Å². The van der Waals surface area contributed by atoms with Crippen LogP contribution in [-0.2, 0) is 6.54 Å². The molecule has 0 spiro atoms. The van der Waals surface area contributed by atoms with Crippen molar-refractivity contribution < 1.29 is 4.42 Å². The molecular formula is C15H19NO. The Kier molecular flexibility index (Phi) is 2.89. The molecule has 0 saturated heterocycles. The van der Waals surface area contributed by atoms with Gasteiger partial charge >= 0.3 is 0 Å². The molecule has 0 amide bonds. The second-order valence-electron chi connectivity index (χ2n) is 5.12. The zero-order chi connectivity index (χ0) is 11.7. The summed E-state index contributed by atoms with van der Waals surface area (Å²) in [6.45, 7) is 2.96. The van der Waals surface area contributed by atoms with E-state index in [-0.39, 0.29) is 0 Å². The van der Waals surface area contributed by atoms with E-state index in [0.717, 1.165) is 17.9 Å². The van der Waals surface area contributed by atoms with Gasteiger partial charge in [-0.15, -0.1) is 0 Å². The van der Waals surface area contributed by atoms with Crippen molar-refractivity contribution in [1.29, 1.82) is 0 Å². The Bertz CT molecular complexity index is 509. The molecule has 1 aliphatic carbocycles. The zero-order valence-electron chi connectivity index (χ0n) is 10.3. The van der Waals surface area contributed by atoms with Crippen LogP contribution >= 0.6 is 0 Å². The standard InChI is InChI=1S/C15H19NO/c1-11-6-7-12-9-14(17-15(12)8-11)10-16-13-4-2-3-5-13/h6-9,13,16H,2-5,10H2,1H3. The van der Waals surface area contributed by atoms with Gasteiger partial charge in [0.2, 0.25) is 0 Å². The van der Waals surface area contributed by atoms with Crippen LogP contribution in [0.1, 0.15) is 37.0 Å². The molecule has 2 nitrogen and oxygen atoms in total. The predicted octanol–water partition coefficient (Wildman–Crippen LogP) is 3.77. The van der Waals surface area contributed by atoms with E-state index in [2.05, 4.69) is 36.5 Å². The fraction of sp³-hybridized carbons (Fsp3) is 0.467. The van der Waals surface area contributed by atoms with Crippen LogP contribution in [-0.4, -0.2) is 6.04 Å². The maximum absolute atomic E-state index is 5.85. The van der Waals surface area contributed by atoms with E-state index in [1.54, 1.807) is 0 Å². The number of hydrogen-bond acceptors (Lipinski definition) is 2. The molecule has 1 heterocycles. The first kappa shape index (κ1) is 10.8. The first-order chi connectivity index (χ1) is 8.31. The summed E-state index contributed by atoms with van der Waals surface area (Å²) in [4.78, 5) is 0. The molecule has 0 radical (unpaired) electrons. The van der Waals surface area contributed by atoms with Gasteiger partial charge in [-0.2, -0.15) is 0 Å². The summed E-state index contributed by atoms with van der Waals surface area (Å²) in [6.07, 6.45) is 5.38. The lowest BCUT2D eigenvalue weighted by Crippen LogP contribution is -2.24. The van der Waals surface area contributed by atoms with Gasteiger partial charge in [0, 0.05) is 11.4 Å². The molecule has 0 aliphatic heterocycles. The summed E-state index contributed by atoms with van der Waals surface area (Å²) in [5.41, 5.74) is 2.26. The van der Waals surface area contributed by atoms with E-state index >= 15 is 0 Å². The molecule has 1 N–H and O–H groups in total. The number of benzene rings is 1. The molecule has 17 heavy (non-hydrogen) atoms. The van der Waals surface area contributed by atoms with Crippen molar-refractivity contribution in [1.82, 2.24) is 5.32 Å². The summed E-state index contributed by atoms with van der Waals surface area (Å²) in [7, 11) is 0. The highest BCUT2D eigenvalue weighted by Gasteiger charge is 2.14. The predicted molar refractivity (Wildman–Crippen MR) is 70.0 cm³/mol. The lowest BCUT2D eigenvalue weighted by atomic mass is 10.2. The molecule has 1 saturated carbocycles. The van der Waals surface area contributed by atoms with Gasteiger partial charge in [-0.05, 0) is 37.5 Å². The van der Waals surface area contributed by atoms with Gasteiger partial charge < -0.3 is 9.73 Å². The molecule has 1 aliphatic rings. The van der Waals surface area contributed by atoms with Crippen molar-refractivity contribution in [2.24, 2.45) is 0 Å². The summed E-state index contributed by atoms with van der Waals surface area (Å²) >= 11 is 0. The second-order valence-corrected chi connectivity index (χ2v) is 5.12. The van der Waals surface area contributed by atoms with Crippen LogP contribution in [0.25, 0.3) is 11.0 Å². The van der Waals surface area contributed by atoms with Crippen molar-refractivity contribution in [2.75, 3.05) is 0 Å². The van der Waals surface area contributed by atoms with Gasteiger partial charge in [-0.3, -0.25) is 0 Å². The lowest BCUT2D eigenvalue weighted by Gasteiger charge is -2.09. The number of fused-ring (bicyclic) bond motifs is 1. The quantitative estimate of drug-likeness (QED) is 0.866. The minimum Gasteiger partial charge on any atom is -0.460 e. The molecule has 0 bridgehead atoms. The fourth-order valence-electron chi connectivity index (χ4n) is 2.66. The van der Waals surface area contributed by atoms with Crippen LogP contribution in [0, 0.1) is 6.92 Å². The second kappa shape index (κ2) is 4.53. The van der Waals surface area contributed by atoms with E-state index < -0.39 is 0 Å². The Hall–Kier alpha value is -1.28. The zero-order valence-corrected chi connectivity index (χ0v) is 10.3. The van der Waals surface area contributed by atoms with Crippen molar-refractivity contribution in [3.63, 3.8) is 0 Å². The molecule has 2 heteroatoms. The summed E-state index contributed by atoms with van der Waals surface area (Å²) in [6, 6.07) is 9.22. The van der Waals surface area contributed by atoms with Crippen LogP contribution < -0.4 is 5.32 Å². The molecule has 90 valence electrons. The minimum absolute atomic E-state index is 0.699. The summed E-state index contributed by atoms with van der Waals surface area (Å²) < 4.78 is 5.85. The third-order valence-electron chi connectivity index (χ3n) is 3.65. The largest absolute Gasteiger partial charge is 0.460 e. The van der Waals surface area contributed by atoms with E-state index in [9.17, 15) is 0 Å². The van der Waals surface area contributed by atoms with Gasteiger partial charge in [0.15, 0.2) is 0 Å². The number of furan rings is 1. The fourth-order valence-corrected chi connectivity index (χ4v) is 2.66. The third-order valence-corrected chi connectivity index (χ3v) is 3.65. The van der Waals surface area contributed by atoms with Crippen molar-refractivity contribution in [3.05, 3.63) is 35.6 Å². The maximum atomic E-state index is 5.85. The van der Waals surface area contributed by atoms with Crippen LogP contribution in [0.5, 0.6) is 0 Å². The monoisotopic (exact) mass is 229 g/mol. The van der Waals surface area contributed by atoms with E-state index in [1.807, 2.05) is 0 Å². The number of aryl methyl sites for hydroxylation is 1. The average Bonchev–Trinajstić information content (AvgIpc) is 2.94. The first-order valence-corrected chi connectivity index (χ1v) is 6.54. The number of rotatable bonds is 3. The summed E-state index contributed by atoms with van der Waals surface area (Å²) in [5.74, 6) is 1.05. The lowest BCUT2D eigenvalue weighted by molar-refractivity contribution is 0.462. The number of nitrogens with one attached hydrogen (secondary N) is 1. The van der Waals surface area contributed by atoms with Gasteiger partial charge in [-0.25, -0.2) is 0 Å². The van der Waals surface area contributed by atoms with E-state index in [4.69, 9.17) is 4.42 Å². The minimum atomic E-state index is 0.699. The molecule has 1 aromatic heterocycles. The smallest absolute Gasteiger partial charge is 0.134 e. The third kappa shape index (κ3) is 2.37. The number of hydrogen-bond donors (Lipinski definition) is 1. The van der Waals surface area contributed by atoms with Crippen LogP contribution in [0.15, 0.2) is 28.7 Å². The average molecular weight is 229 g/mol. The molecule has 1 fully saturated rings. The molecule has 0 unspecified atom stereocenters.